The third-order valence-electron chi connectivity index (χ3n) is 2.44. The van der Waals surface area contributed by atoms with Crippen LogP contribution in [0.5, 0.6) is 0 Å². The van der Waals surface area contributed by atoms with Crippen molar-refractivity contribution in [2.45, 2.75) is 0 Å². The van der Waals surface area contributed by atoms with Gasteiger partial charge in [0.05, 0.1) is 11.0 Å². The van der Waals surface area contributed by atoms with E-state index in [0.29, 0.717) is 0 Å². The van der Waals surface area contributed by atoms with E-state index < -0.39 is 0 Å². The Kier molecular flexibility index (Phi) is 2.55. The van der Waals surface area contributed by atoms with E-state index in [9.17, 15) is 0 Å². The normalized spacial score (nSPS) is 11.1. The summed E-state index contributed by atoms with van der Waals surface area (Å²) in [5, 5.41) is 2.24. The Balaban J connectivity index is 2.52. The number of nitrogens with zero attached hydrogens (tertiary/aromatic N) is 2. The van der Waals surface area contributed by atoms with Gasteiger partial charge in [0.15, 0.2) is 0 Å². The molecular formula is C12H6BrIN2. The van der Waals surface area contributed by atoms with Gasteiger partial charge in [-0.1, -0.05) is 18.2 Å². The highest BCUT2D eigenvalue weighted by molar-refractivity contribution is 14.1. The van der Waals surface area contributed by atoms with Crippen LogP contribution in [-0.2, 0) is 0 Å². The monoisotopic (exact) mass is 384 g/mol. The molecule has 3 aromatic rings. The Labute approximate surface area is 114 Å². The minimum absolute atomic E-state index is 0.958. The van der Waals surface area contributed by atoms with E-state index in [1.165, 1.54) is 0 Å². The third kappa shape index (κ3) is 1.69. The second-order valence-electron chi connectivity index (χ2n) is 3.50. The highest BCUT2D eigenvalue weighted by Gasteiger charge is 2.04. The number of pyridine rings is 2. The van der Waals surface area contributed by atoms with E-state index in [2.05, 4.69) is 72.8 Å². The quantitative estimate of drug-likeness (QED) is 0.330. The van der Waals surface area contributed by atoms with Crippen LogP contribution in [0, 0.1) is 3.70 Å². The van der Waals surface area contributed by atoms with E-state index in [-0.39, 0.29) is 0 Å². The molecule has 0 aliphatic rings. The molecule has 0 saturated carbocycles. The zero-order valence-electron chi connectivity index (χ0n) is 8.11. The second kappa shape index (κ2) is 3.92. The van der Waals surface area contributed by atoms with Crippen LogP contribution in [0.3, 0.4) is 0 Å². The van der Waals surface area contributed by atoms with Gasteiger partial charge in [0.25, 0.3) is 0 Å². The molecule has 0 saturated heterocycles. The molecule has 0 N–H and O–H groups in total. The van der Waals surface area contributed by atoms with Crippen molar-refractivity contribution in [3.8, 4) is 0 Å². The van der Waals surface area contributed by atoms with Gasteiger partial charge in [-0.05, 0) is 50.7 Å². The molecule has 0 unspecified atom stereocenters. The van der Waals surface area contributed by atoms with Crippen molar-refractivity contribution in [1.29, 1.82) is 0 Å². The average Bonchev–Trinajstić information content (AvgIpc) is 2.28. The number of hydrogen-bond acceptors (Lipinski definition) is 2. The molecule has 0 radical (unpaired) electrons. The summed E-state index contributed by atoms with van der Waals surface area (Å²) >= 11 is 5.65. The maximum Gasteiger partial charge on any atom is 0.102 e. The van der Waals surface area contributed by atoms with E-state index in [4.69, 9.17) is 0 Å². The van der Waals surface area contributed by atoms with Crippen LogP contribution >= 0.6 is 38.5 Å². The van der Waals surface area contributed by atoms with Crippen molar-refractivity contribution in [2.75, 3.05) is 0 Å². The third-order valence-corrected chi connectivity index (χ3v) is 3.48. The van der Waals surface area contributed by atoms with Crippen LogP contribution in [-0.4, -0.2) is 9.97 Å². The highest BCUT2D eigenvalue weighted by atomic mass is 127. The largest absolute Gasteiger partial charge is 0.253 e. The lowest BCUT2D eigenvalue weighted by Crippen LogP contribution is -1.87. The Morgan fingerprint density at radius 1 is 1.00 bits per heavy atom. The van der Waals surface area contributed by atoms with Crippen LogP contribution < -0.4 is 0 Å². The Morgan fingerprint density at radius 3 is 2.62 bits per heavy atom. The van der Waals surface area contributed by atoms with Crippen LogP contribution in [0.25, 0.3) is 21.8 Å². The number of halogens is 2. The van der Waals surface area contributed by atoms with E-state index in [1.54, 1.807) is 0 Å². The molecule has 78 valence electrons. The summed E-state index contributed by atoms with van der Waals surface area (Å²) in [6, 6.07) is 10.3. The van der Waals surface area contributed by atoms with E-state index in [1.807, 2.05) is 12.3 Å². The fraction of sp³-hybridized carbons (Fsp3) is 0. The molecule has 0 spiro atoms. The number of rotatable bonds is 0. The first-order valence-corrected chi connectivity index (χ1v) is 6.62. The zero-order chi connectivity index (χ0) is 11.1. The average molecular weight is 385 g/mol. The van der Waals surface area contributed by atoms with E-state index in [0.717, 1.165) is 30.0 Å². The number of hydrogen-bond donors (Lipinski definition) is 0. The minimum Gasteiger partial charge on any atom is -0.253 e. The molecule has 2 nitrogen and oxygen atoms in total. The maximum absolute atomic E-state index is 4.54. The molecule has 3 rings (SSSR count). The topological polar surface area (TPSA) is 25.8 Å². The van der Waals surface area contributed by atoms with Gasteiger partial charge in [-0.25, -0.2) is 4.98 Å². The van der Waals surface area contributed by atoms with Crippen molar-refractivity contribution < 1.29 is 0 Å². The van der Waals surface area contributed by atoms with Gasteiger partial charge in [0.2, 0.25) is 0 Å². The van der Waals surface area contributed by atoms with Crippen molar-refractivity contribution >= 4 is 60.3 Å². The van der Waals surface area contributed by atoms with Crippen LogP contribution in [0.2, 0.25) is 0 Å². The first kappa shape index (κ1) is 10.4. The lowest BCUT2D eigenvalue weighted by molar-refractivity contribution is 1.33. The SMILES string of the molecule is Brc1cnc2c(ccc3ccc(I)nc32)c1. The van der Waals surface area contributed by atoms with Crippen molar-refractivity contribution in [3.63, 3.8) is 0 Å². The molecule has 0 bridgehead atoms. The zero-order valence-corrected chi connectivity index (χ0v) is 11.9. The smallest absolute Gasteiger partial charge is 0.102 e. The van der Waals surface area contributed by atoms with E-state index >= 15 is 0 Å². The maximum atomic E-state index is 4.54. The Morgan fingerprint density at radius 2 is 1.75 bits per heavy atom. The summed E-state index contributed by atoms with van der Waals surface area (Å²) < 4.78 is 1.98. The number of benzene rings is 1. The van der Waals surface area contributed by atoms with Crippen molar-refractivity contribution in [2.24, 2.45) is 0 Å². The van der Waals surface area contributed by atoms with Gasteiger partial charge < -0.3 is 0 Å². The van der Waals surface area contributed by atoms with Crippen molar-refractivity contribution in [3.05, 3.63) is 44.7 Å². The first-order valence-electron chi connectivity index (χ1n) is 4.74. The molecule has 0 aliphatic carbocycles. The van der Waals surface area contributed by atoms with Gasteiger partial charge >= 0.3 is 0 Å². The number of fused-ring (bicyclic) bond motifs is 3. The molecule has 16 heavy (non-hydrogen) atoms. The predicted molar refractivity (Wildman–Crippen MR) is 77.5 cm³/mol. The molecule has 0 amide bonds. The molecule has 4 heteroatoms. The molecule has 1 aromatic carbocycles. The summed E-state index contributed by atoms with van der Waals surface area (Å²) in [6.07, 6.45) is 1.81. The molecule has 2 heterocycles. The van der Waals surface area contributed by atoms with Crippen LogP contribution in [0.4, 0.5) is 0 Å². The fourth-order valence-corrected chi connectivity index (χ4v) is 2.50. The lowest BCUT2D eigenvalue weighted by atomic mass is 10.1. The Hall–Kier alpha value is -0.750. The molecule has 0 fully saturated rings. The molecule has 0 atom stereocenters. The van der Waals surface area contributed by atoms with Gasteiger partial charge in [0.1, 0.15) is 3.70 Å². The van der Waals surface area contributed by atoms with Crippen LogP contribution in [0.15, 0.2) is 41.0 Å². The molecule has 0 aliphatic heterocycles. The van der Waals surface area contributed by atoms with Gasteiger partial charge in [0, 0.05) is 21.4 Å². The predicted octanol–water partition coefficient (Wildman–Crippen LogP) is 4.15. The Bertz CT molecular complexity index is 697. The lowest BCUT2D eigenvalue weighted by Gasteiger charge is -2.03. The molecule has 2 aromatic heterocycles. The van der Waals surface area contributed by atoms with Gasteiger partial charge in [-0.15, -0.1) is 0 Å². The fourth-order valence-electron chi connectivity index (χ4n) is 1.73. The number of aromatic nitrogens is 2. The summed E-state index contributed by atoms with van der Waals surface area (Å²) in [5.41, 5.74) is 1.93. The summed E-state index contributed by atoms with van der Waals surface area (Å²) in [6.45, 7) is 0. The second-order valence-corrected chi connectivity index (χ2v) is 5.52. The molecular weight excluding hydrogens is 379 g/mol. The van der Waals surface area contributed by atoms with Crippen LogP contribution in [0.1, 0.15) is 0 Å². The first-order chi connectivity index (χ1) is 7.74. The van der Waals surface area contributed by atoms with Gasteiger partial charge in [-0.2, -0.15) is 0 Å². The minimum atomic E-state index is 0.958. The standard InChI is InChI=1S/C12H6BrIN2/c13-9-5-8-2-1-7-3-4-10(14)16-12(7)11(8)15-6-9/h1-6H. The van der Waals surface area contributed by atoms with Crippen molar-refractivity contribution in [1.82, 2.24) is 9.97 Å². The highest BCUT2D eigenvalue weighted by Crippen LogP contribution is 2.24. The summed E-state index contributed by atoms with van der Waals surface area (Å²) in [7, 11) is 0. The van der Waals surface area contributed by atoms with Gasteiger partial charge in [-0.3, -0.25) is 4.98 Å². The summed E-state index contributed by atoms with van der Waals surface area (Å²) in [4.78, 5) is 8.98. The summed E-state index contributed by atoms with van der Waals surface area (Å²) in [5.74, 6) is 0.